The lowest BCUT2D eigenvalue weighted by Crippen LogP contribution is -2.30. The Morgan fingerprint density at radius 1 is 1.56 bits per heavy atom. The fraction of sp³-hybridized carbons (Fsp3) is 0.500. The molecule has 6 nitrogen and oxygen atoms in total. The van der Waals surface area contributed by atoms with Gasteiger partial charge in [0.15, 0.2) is 5.82 Å². The van der Waals surface area contributed by atoms with Crippen molar-refractivity contribution in [2.75, 3.05) is 11.9 Å². The molecule has 0 bridgehead atoms. The average molecular weight is 224 g/mol. The Kier molecular flexibility index (Phi) is 4.65. The van der Waals surface area contributed by atoms with Crippen molar-refractivity contribution in [1.82, 2.24) is 15.5 Å². The minimum Gasteiger partial charge on any atom is -0.314 e. The second kappa shape index (κ2) is 6.02. The van der Waals surface area contributed by atoms with Gasteiger partial charge in [0.1, 0.15) is 0 Å². The first-order valence-corrected chi connectivity index (χ1v) is 5.20. The summed E-state index contributed by atoms with van der Waals surface area (Å²) in [5.74, 6) is 0.223. The summed E-state index contributed by atoms with van der Waals surface area (Å²) < 4.78 is 0. The fourth-order valence-corrected chi connectivity index (χ4v) is 1.31. The molecule has 0 aliphatic carbocycles. The zero-order chi connectivity index (χ0) is 12.0. The minimum absolute atomic E-state index is 0.118. The summed E-state index contributed by atoms with van der Waals surface area (Å²) in [4.78, 5) is 22.2. The van der Waals surface area contributed by atoms with Crippen LogP contribution in [0.1, 0.15) is 20.3 Å². The SMILES string of the molecule is CCNC(C)CC(=O)Nc1ccc(=O)[nH]n1. The van der Waals surface area contributed by atoms with Crippen molar-refractivity contribution in [3.05, 3.63) is 22.5 Å². The highest BCUT2D eigenvalue weighted by Gasteiger charge is 2.08. The molecule has 0 saturated carbocycles. The summed E-state index contributed by atoms with van der Waals surface area (Å²) >= 11 is 0. The molecule has 1 aromatic heterocycles. The van der Waals surface area contributed by atoms with E-state index in [1.54, 1.807) is 0 Å². The highest BCUT2D eigenvalue weighted by Crippen LogP contribution is 1.99. The second-order valence-electron chi connectivity index (χ2n) is 3.52. The van der Waals surface area contributed by atoms with Gasteiger partial charge in [-0.25, -0.2) is 5.10 Å². The number of aromatic amines is 1. The smallest absolute Gasteiger partial charge is 0.264 e. The van der Waals surface area contributed by atoms with Crippen molar-refractivity contribution in [1.29, 1.82) is 0 Å². The molecule has 88 valence electrons. The Balaban J connectivity index is 2.45. The number of H-pyrrole nitrogens is 1. The van der Waals surface area contributed by atoms with Crippen molar-refractivity contribution in [3.63, 3.8) is 0 Å². The van der Waals surface area contributed by atoms with Gasteiger partial charge in [-0.3, -0.25) is 9.59 Å². The standard InChI is InChI=1S/C10H16N4O2/c1-3-11-7(2)6-10(16)12-8-4-5-9(15)14-13-8/h4-5,7,11H,3,6H2,1-2H3,(H,14,15)(H,12,13,16). The van der Waals surface area contributed by atoms with Gasteiger partial charge in [-0.1, -0.05) is 6.92 Å². The number of hydrogen-bond donors (Lipinski definition) is 3. The van der Waals surface area contributed by atoms with Gasteiger partial charge in [0.2, 0.25) is 5.91 Å². The zero-order valence-electron chi connectivity index (χ0n) is 9.41. The van der Waals surface area contributed by atoms with Crippen molar-refractivity contribution in [2.45, 2.75) is 26.3 Å². The van der Waals surface area contributed by atoms with Gasteiger partial charge in [-0.2, -0.15) is 5.10 Å². The van der Waals surface area contributed by atoms with Crippen molar-refractivity contribution >= 4 is 11.7 Å². The van der Waals surface area contributed by atoms with Gasteiger partial charge in [0, 0.05) is 18.5 Å². The van der Waals surface area contributed by atoms with E-state index in [9.17, 15) is 9.59 Å². The van der Waals surface area contributed by atoms with Gasteiger partial charge < -0.3 is 10.6 Å². The molecule has 3 N–H and O–H groups in total. The molecule has 1 amide bonds. The molecule has 1 rings (SSSR count). The third-order valence-corrected chi connectivity index (χ3v) is 1.99. The molecular formula is C10H16N4O2. The quantitative estimate of drug-likeness (QED) is 0.662. The second-order valence-corrected chi connectivity index (χ2v) is 3.52. The van der Waals surface area contributed by atoms with Crippen LogP contribution in [-0.2, 0) is 4.79 Å². The number of aromatic nitrogens is 2. The predicted octanol–water partition coefficient (Wildman–Crippen LogP) is 0.0965. The molecule has 0 fully saturated rings. The van der Waals surface area contributed by atoms with Crippen LogP contribution in [0.4, 0.5) is 5.82 Å². The molecule has 1 atom stereocenters. The summed E-state index contributed by atoms with van der Waals surface area (Å²) in [6.07, 6.45) is 0.370. The van der Waals surface area contributed by atoms with Gasteiger partial charge in [-0.15, -0.1) is 0 Å². The van der Waals surface area contributed by atoms with E-state index < -0.39 is 0 Å². The number of carbonyl (C=O) groups is 1. The maximum absolute atomic E-state index is 11.5. The molecule has 16 heavy (non-hydrogen) atoms. The number of amides is 1. The van der Waals surface area contributed by atoms with E-state index in [0.29, 0.717) is 12.2 Å². The molecule has 1 unspecified atom stereocenters. The van der Waals surface area contributed by atoms with Crippen LogP contribution < -0.4 is 16.2 Å². The molecule has 0 spiro atoms. The summed E-state index contributed by atoms with van der Waals surface area (Å²) in [7, 11) is 0. The Bertz CT molecular complexity index is 382. The van der Waals surface area contributed by atoms with E-state index in [4.69, 9.17) is 0 Å². The molecule has 0 saturated heterocycles. The number of nitrogens with one attached hydrogen (secondary N) is 3. The first-order chi connectivity index (χ1) is 7.61. The van der Waals surface area contributed by atoms with Crippen LogP contribution >= 0.6 is 0 Å². The molecule has 0 radical (unpaired) electrons. The lowest BCUT2D eigenvalue weighted by Gasteiger charge is -2.11. The highest BCUT2D eigenvalue weighted by molar-refractivity contribution is 5.89. The fourth-order valence-electron chi connectivity index (χ4n) is 1.31. The molecule has 1 aromatic rings. The normalized spacial score (nSPS) is 12.1. The largest absolute Gasteiger partial charge is 0.314 e. The monoisotopic (exact) mass is 224 g/mol. The van der Waals surface area contributed by atoms with E-state index >= 15 is 0 Å². The van der Waals surface area contributed by atoms with Crippen molar-refractivity contribution < 1.29 is 4.79 Å². The number of nitrogens with zero attached hydrogens (tertiary/aromatic N) is 1. The van der Waals surface area contributed by atoms with E-state index in [2.05, 4.69) is 20.8 Å². The van der Waals surface area contributed by atoms with Crippen LogP contribution in [0.15, 0.2) is 16.9 Å². The third-order valence-electron chi connectivity index (χ3n) is 1.99. The predicted molar refractivity (Wildman–Crippen MR) is 61.2 cm³/mol. The Hall–Kier alpha value is -1.69. The maximum atomic E-state index is 11.5. The third kappa shape index (κ3) is 4.22. The first-order valence-electron chi connectivity index (χ1n) is 5.20. The molecule has 0 aromatic carbocycles. The molecule has 1 heterocycles. The molecule has 0 aliphatic heterocycles. The van der Waals surface area contributed by atoms with Crippen LogP contribution in [0, 0.1) is 0 Å². The highest BCUT2D eigenvalue weighted by atomic mass is 16.2. The lowest BCUT2D eigenvalue weighted by atomic mass is 10.2. The number of carbonyl (C=O) groups excluding carboxylic acids is 1. The van der Waals surface area contributed by atoms with Crippen LogP contribution in [0.25, 0.3) is 0 Å². The van der Waals surface area contributed by atoms with E-state index in [1.165, 1.54) is 12.1 Å². The topological polar surface area (TPSA) is 86.9 Å². The summed E-state index contributed by atoms with van der Waals surface area (Å²) in [5, 5.41) is 11.7. The van der Waals surface area contributed by atoms with Crippen LogP contribution in [0.5, 0.6) is 0 Å². The molecule has 6 heteroatoms. The Morgan fingerprint density at radius 3 is 2.88 bits per heavy atom. The van der Waals surface area contributed by atoms with E-state index in [0.717, 1.165) is 6.54 Å². The zero-order valence-corrected chi connectivity index (χ0v) is 9.41. The number of anilines is 1. The number of rotatable bonds is 5. The first kappa shape index (κ1) is 12.4. The Morgan fingerprint density at radius 2 is 2.31 bits per heavy atom. The minimum atomic E-state index is -0.293. The van der Waals surface area contributed by atoms with Crippen LogP contribution in [-0.4, -0.2) is 28.7 Å². The maximum Gasteiger partial charge on any atom is 0.264 e. The van der Waals surface area contributed by atoms with Gasteiger partial charge in [0.25, 0.3) is 5.56 Å². The van der Waals surface area contributed by atoms with Crippen molar-refractivity contribution in [3.8, 4) is 0 Å². The van der Waals surface area contributed by atoms with E-state index in [1.807, 2.05) is 13.8 Å². The van der Waals surface area contributed by atoms with Crippen molar-refractivity contribution in [2.24, 2.45) is 0 Å². The summed E-state index contributed by atoms with van der Waals surface area (Å²) in [6, 6.07) is 2.90. The van der Waals surface area contributed by atoms with E-state index in [-0.39, 0.29) is 17.5 Å². The van der Waals surface area contributed by atoms with Crippen LogP contribution in [0.2, 0.25) is 0 Å². The van der Waals surface area contributed by atoms with Gasteiger partial charge in [-0.05, 0) is 19.5 Å². The number of hydrogen-bond acceptors (Lipinski definition) is 4. The van der Waals surface area contributed by atoms with Gasteiger partial charge >= 0.3 is 0 Å². The summed E-state index contributed by atoms with van der Waals surface area (Å²) in [5.41, 5.74) is -0.293. The lowest BCUT2D eigenvalue weighted by molar-refractivity contribution is -0.116. The molecular weight excluding hydrogens is 208 g/mol. The Labute approximate surface area is 93.5 Å². The average Bonchev–Trinajstić information content (AvgIpc) is 2.21. The molecule has 0 aliphatic rings. The summed E-state index contributed by atoms with van der Waals surface area (Å²) in [6.45, 7) is 4.74. The van der Waals surface area contributed by atoms with Gasteiger partial charge in [0.05, 0.1) is 0 Å². The van der Waals surface area contributed by atoms with Crippen LogP contribution in [0.3, 0.4) is 0 Å².